The highest BCUT2D eigenvalue weighted by atomic mass is 14.2. The number of hydrogen-bond donors (Lipinski definition) is 0. The topological polar surface area (TPSA) is 0 Å². The standard InChI is InChI=1S/C18H22/c1-3-8-15-12-13-18(14-17(15)9-4-2)16-10-6-5-7-11-16/h3-6,12-14,16H,1-2,7-11H2. The summed E-state index contributed by atoms with van der Waals surface area (Å²) in [5.74, 6) is 0.705. The van der Waals surface area contributed by atoms with E-state index >= 15 is 0 Å². The fraction of sp³-hybridized carbons (Fsp3) is 0.333. The lowest BCUT2D eigenvalue weighted by Crippen LogP contribution is -2.03. The summed E-state index contributed by atoms with van der Waals surface area (Å²) in [6.07, 6.45) is 14.2. The summed E-state index contributed by atoms with van der Waals surface area (Å²) in [4.78, 5) is 0. The third-order valence-corrected chi connectivity index (χ3v) is 3.70. The van der Waals surface area contributed by atoms with Crippen LogP contribution in [0.3, 0.4) is 0 Å². The number of hydrogen-bond acceptors (Lipinski definition) is 0. The zero-order valence-corrected chi connectivity index (χ0v) is 11.1. The molecule has 0 nitrogen and oxygen atoms in total. The average molecular weight is 238 g/mol. The molecule has 1 aromatic carbocycles. The summed E-state index contributed by atoms with van der Waals surface area (Å²) in [6.45, 7) is 7.70. The monoisotopic (exact) mass is 238 g/mol. The summed E-state index contributed by atoms with van der Waals surface area (Å²) in [7, 11) is 0. The van der Waals surface area contributed by atoms with Crippen LogP contribution in [-0.2, 0) is 12.8 Å². The van der Waals surface area contributed by atoms with E-state index in [0.717, 1.165) is 12.8 Å². The third kappa shape index (κ3) is 3.01. The predicted molar refractivity (Wildman–Crippen MR) is 80.0 cm³/mol. The van der Waals surface area contributed by atoms with Gasteiger partial charge in [0.05, 0.1) is 0 Å². The predicted octanol–water partition coefficient (Wildman–Crippen LogP) is 4.97. The quantitative estimate of drug-likeness (QED) is 0.635. The molecular weight excluding hydrogens is 216 g/mol. The summed E-state index contributed by atoms with van der Waals surface area (Å²) in [6, 6.07) is 6.95. The molecule has 1 aliphatic rings. The van der Waals surface area contributed by atoms with Crippen molar-refractivity contribution in [1.82, 2.24) is 0 Å². The second kappa shape index (κ2) is 6.39. The second-order valence-corrected chi connectivity index (χ2v) is 5.00. The van der Waals surface area contributed by atoms with Crippen LogP contribution in [0.1, 0.15) is 41.9 Å². The number of allylic oxidation sites excluding steroid dienone is 4. The zero-order chi connectivity index (χ0) is 12.8. The Morgan fingerprint density at radius 1 is 1.06 bits per heavy atom. The maximum atomic E-state index is 3.86. The largest absolute Gasteiger partial charge is 0.103 e. The van der Waals surface area contributed by atoms with Gasteiger partial charge in [0.25, 0.3) is 0 Å². The van der Waals surface area contributed by atoms with Crippen molar-refractivity contribution in [2.24, 2.45) is 0 Å². The van der Waals surface area contributed by atoms with Crippen molar-refractivity contribution >= 4 is 0 Å². The van der Waals surface area contributed by atoms with Crippen molar-refractivity contribution < 1.29 is 0 Å². The van der Waals surface area contributed by atoms with Crippen molar-refractivity contribution in [2.75, 3.05) is 0 Å². The fourth-order valence-corrected chi connectivity index (χ4v) is 2.70. The van der Waals surface area contributed by atoms with E-state index in [1.165, 1.54) is 36.0 Å². The van der Waals surface area contributed by atoms with Crippen molar-refractivity contribution in [3.63, 3.8) is 0 Å². The van der Waals surface area contributed by atoms with Gasteiger partial charge < -0.3 is 0 Å². The van der Waals surface area contributed by atoms with E-state index in [-0.39, 0.29) is 0 Å². The van der Waals surface area contributed by atoms with E-state index < -0.39 is 0 Å². The highest BCUT2D eigenvalue weighted by Crippen LogP contribution is 2.30. The molecule has 0 bridgehead atoms. The van der Waals surface area contributed by atoms with Crippen molar-refractivity contribution in [3.05, 3.63) is 72.4 Å². The van der Waals surface area contributed by atoms with E-state index in [1.54, 1.807) is 0 Å². The van der Waals surface area contributed by atoms with Crippen LogP contribution >= 0.6 is 0 Å². The molecule has 1 atom stereocenters. The Hall–Kier alpha value is -1.56. The number of rotatable bonds is 5. The molecule has 1 aliphatic carbocycles. The first kappa shape index (κ1) is 12.9. The maximum absolute atomic E-state index is 3.86. The Kier molecular flexibility index (Phi) is 4.58. The first-order valence-corrected chi connectivity index (χ1v) is 6.83. The van der Waals surface area contributed by atoms with Gasteiger partial charge in [-0.15, -0.1) is 13.2 Å². The summed E-state index contributed by atoms with van der Waals surface area (Å²) in [5, 5.41) is 0. The SMILES string of the molecule is C=CCc1ccc(C2CC=CCC2)cc1CC=C. The van der Waals surface area contributed by atoms with Gasteiger partial charge >= 0.3 is 0 Å². The second-order valence-electron chi connectivity index (χ2n) is 5.00. The van der Waals surface area contributed by atoms with Crippen LogP contribution in [-0.4, -0.2) is 0 Å². The highest BCUT2D eigenvalue weighted by Gasteiger charge is 2.13. The lowest BCUT2D eigenvalue weighted by atomic mass is 9.85. The lowest BCUT2D eigenvalue weighted by Gasteiger charge is -2.20. The van der Waals surface area contributed by atoms with Gasteiger partial charge in [-0.1, -0.05) is 42.5 Å². The van der Waals surface area contributed by atoms with Crippen LogP contribution in [0.25, 0.3) is 0 Å². The van der Waals surface area contributed by atoms with Crippen LogP contribution in [0.2, 0.25) is 0 Å². The van der Waals surface area contributed by atoms with Crippen molar-refractivity contribution in [1.29, 1.82) is 0 Å². The van der Waals surface area contributed by atoms with Crippen LogP contribution in [0, 0.1) is 0 Å². The molecule has 94 valence electrons. The first-order chi connectivity index (χ1) is 8.85. The van der Waals surface area contributed by atoms with Gasteiger partial charge in [0.2, 0.25) is 0 Å². The molecule has 0 aromatic heterocycles. The van der Waals surface area contributed by atoms with Gasteiger partial charge in [-0.25, -0.2) is 0 Å². The zero-order valence-electron chi connectivity index (χ0n) is 11.1. The van der Waals surface area contributed by atoms with E-state index in [1.807, 2.05) is 12.2 Å². The molecule has 0 radical (unpaired) electrons. The Bertz CT molecular complexity index is 451. The van der Waals surface area contributed by atoms with E-state index in [0.29, 0.717) is 5.92 Å². The smallest absolute Gasteiger partial charge is 0.00972 e. The van der Waals surface area contributed by atoms with Gasteiger partial charge in [0, 0.05) is 0 Å². The average Bonchev–Trinajstić information content (AvgIpc) is 2.42. The molecule has 0 aliphatic heterocycles. The minimum atomic E-state index is 0.705. The van der Waals surface area contributed by atoms with Crippen molar-refractivity contribution in [3.8, 4) is 0 Å². The van der Waals surface area contributed by atoms with Crippen LogP contribution in [0.15, 0.2) is 55.7 Å². The highest BCUT2D eigenvalue weighted by molar-refractivity contribution is 5.36. The van der Waals surface area contributed by atoms with Crippen LogP contribution in [0.4, 0.5) is 0 Å². The minimum Gasteiger partial charge on any atom is -0.103 e. The van der Waals surface area contributed by atoms with Crippen LogP contribution in [0.5, 0.6) is 0 Å². The molecule has 0 amide bonds. The Morgan fingerprint density at radius 3 is 2.50 bits per heavy atom. The van der Waals surface area contributed by atoms with Gasteiger partial charge in [-0.2, -0.15) is 0 Å². The summed E-state index contributed by atoms with van der Waals surface area (Å²) in [5.41, 5.74) is 4.29. The molecule has 0 spiro atoms. The third-order valence-electron chi connectivity index (χ3n) is 3.70. The summed E-state index contributed by atoms with van der Waals surface area (Å²) < 4.78 is 0. The molecular formula is C18H22. The van der Waals surface area contributed by atoms with E-state index in [2.05, 4.69) is 43.5 Å². The molecule has 1 unspecified atom stereocenters. The van der Waals surface area contributed by atoms with E-state index in [9.17, 15) is 0 Å². The van der Waals surface area contributed by atoms with Gasteiger partial charge in [-0.3, -0.25) is 0 Å². The molecule has 2 rings (SSSR count). The Labute approximate surface area is 111 Å². The van der Waals surface area contributed by atoms with Crippen molar-refractivity contribution in [2.45, 2.75) is 38.0 Å². The normalized spacial score (nSPS) is 18.6. The Morgan fingerprint density at radius 2 is 1.83 bits per heavy atom. The molecule has 0 heteroatoms. The molecule has 0 saturated heterocycles. The van der Waals surface area contributed by atoms with E-state index in [4.69, 9.17) is 0 Å². The first-order valence-electron chi connectivity index (χ1n) is 6.83. The molecule has 0 heterocycles. The summed E-state index contributed by atoms with van der Waals surface area (Å²) >= 11 is 0. The fourth-order valence-electron chi connectivity index (χ4n) is 2.70. The molecule has 0 N–H and O–H groups in total. The maximum Gasteiger partial charge on any atom is -0.00972 e. The molecule has 0 saturated carbocycles. The Balaban J connectivity index is 2.26. The van der Waals surface area contributed by atoms with Gasteiger partial charge in [0.1, 0.15) is 0 Å². The minimum absolute atomic E-state index is 0.705. The molecule has 18 heavy (non-hydrogen) atoms. The molecule has 1 aromatic rings. The number of benzene rings is 1. The van der Waals surface area contributed by atoms with Crippen LogP contribution < -0.4 is 0 Å². The molecule has 0 fully saturated rings. The lowest BCUT2D eigenvalue weighted by molar-refractivity contribution is 0.616. The van der Waals surface area contributed by atoms with Gasteiger partial charge in [0.15, 0.2) is 0 Å². The van der Waals surface area contributed by atoms with Gasteiger partial charge in [-0.05, 0) is 54.7 Å².